The lowest BCUT2D eigenvalue weighted by molar-refractivity contribution is 0.495. The molecule has 0 bridgehead atoms. The van der Waals surface area contributed by atoms with Crippen molar-refractivity contribution in [2.45, 2.75) is 6.54 Å². The number of thiocarbonyl (C=S) groups is 1. The smallest absolute Gasteiger partial charge is 0.163 e. The number of halogens is 2. The van der Waals surface area contributed by atoms with Crippen molar-refractivity contribution in [3.8, 4) is 0 Å². The van der Waals surface area contributed by atoms with E-state index in [4.69, 9.17) is 18.0 Å². The standard InChI is InChI=1S/C12H10F2N2S/c13-9-4-1-3-8(11(9)14)7-16-6-2-5-10(16)12(15)17/h1-6H,7H2,(H2,15,17). The Labute approximate surface area is 103 Å². The lowest BCUT2D eigenvalue weighted by Gasteiger charge is -2.09. The summed E-state index contributed by atoms with van der Waals surface area (Å²) < 4.78 is 28.2. The van der Waals surface area contributed by atoms with Crippen molar-refractivity contribution in [1.82, 2.24) is 4.57 Å². The maximum absolute atomic E-state index is 13.5. The fourth-order valence-corrected chi connectivity index (χ4v) is 1.82. The summed E-state index contributed by atoms with van der Waals surface area (Å²) >= 11 is 4.87. The van der Waals surface area contributed by atoms with Crippen LogP contribution in [0.3, 0.4) is 0 Å². The molecule has 0 aliphatic heterocycles. The Morgan fingerprint density at radius 1 is 1.24 bits per heavy atom. The molecule has 0 fully saturated rings. The van der Waals surface area contributed by atoms with E-state index in [1.54, 1.807) is 22.9 Å². The fraction of sp³-hybridized carbons (Fsp3) is 0.0833. The third-order valence-corrected chi connectivity index (χ3v) is 2.66. The van der Waals surface area contributed by atoms with Gasteiger partial charge in [-0.05, 0) is 18.2 Å². The third kappa shape index (κ3) is 2.34. The van der Waals surface area contributed by atoms with Crippen LogP contribution < -0.4 is 5.73 Å². The lowest BCUT2D eigenvalue weighted by Crippen LogP contribution is -2.16. The molecule has 0 atom stereocenters. The quantitative estimate of drug-likeness (QED) is 0.851. The largest absolute Gasteiger partial charge is 0.388 e. The van der Waals surface area contributed by atoms with Gasteiger partial charge in [-0.3, -0.25) is 0 Å². The Morgan fingerprint density at radius 3 is 2.71 bits per heavy atom. The highest BCUT2D eigenvalue weighted by atomic mass is 32.1. The first-order valence-electron chi connectivity index (χ1n) is 4.97. The average molecular weight is 252 g/mol. The van der Waals surface area contributed by atoms with E-state index in [0.717, 1.165) is 6.07 Å². The normalized spacial score (nSPS) is 10.5. The summed E-state index contributed by atoms with van der Waals surface area (Å²) in [6.45, 7) is 0.198. The van der Waals surface area contributed by atoms with Crippen LogP contribution in [0.4, 0.5) is 8.78 Å². The molecule has 88 valence electrons. The lowest BCUT2D eigenvalue weighted by atomic mass is 10.2. The van der Waals surface area contributed by atoms with Gasteiger partial charge in [-0.2, -0.15) is 0 Å². The summed E-state index contributed by atoms with van der Waals surface area (Å²) in [7, 11) is 0. The van der Waals surface area contributed by atoms with Gasteiger partial charge < -0.3 is 10.3 Å². The molecule has 1 aromatic carbocycles. The number of hydrogen-bond acceptors (Lipinski definition) is 1. The minimum Gasteiger partial charge on any atom is -0.388 e. The van der Waals surface area contributed by atoms with E-state index >= 15 is 0 Å². The zero-order valence-corrected chi connectivity index (χ0v) is 9.68. The van der Waals surface area contributed by atoms with E-state index < -0.39 is 11.6 Å². The van der Waals surface area contributed by atoms with Crippen LogP contribution in [0.15, 0.2) is 36.5 Å². The summed E-state index contributed by atoms with van der Waals surface area (Å²) in [5.41, 5.74) is 6.41. The van der Waals surface area contributed by atoms with Crippen molar-refractivity contribution in [3.05, 3.63) is 59.4 Å². The zero-order chi connectivity index (χ0) is 12.4. The molecule has 2 aromatic rings. The molecule has 17 heavy (non-hydrogen) atoms. The van der Waals surface area contributed by atoms with E-state index in [1.807, 2.05) is 0 Å². The molecule has 0 aliphatic rings. The van der Waals surface area contributed by atoms with Crippen molar-refractivity contribution in [3.63, 3.8) is 0 Å². The first kappa shape index (κ1) is 11.7. The molecule has 0 saturated heterocycles. The number of aromatic nitrogens is 1. The monoisotopic (exact) mass is 252 g/mol. The van der Waals surface area contributed by atoms with Crippen LogP contribution >= 0.6 is 12.2 Å². The highest BCUT2D eigenvalue weighted by Crippen LogP contribution is 2.14. The molecule has 0 amide bonds. The number of rotatable bonds is 3. The Morgan fingerprint density at radius 2 is 2.00 bits per heavy atom. The molecule has 0 aliphatic carbocycles. The van der Waals surface area contributed by atoms with Crippen LogP contribution in [0, 0.1) is 11.6 Å². The van der Waals surface area contributed by atoms with Gasteiger partial charge in [-0.1, -0.05) is 24.4 Å². The molecule has 1 aromatic heterocycles. The van der Waals surface area contributed by atoms with E-state index in [2.05, 4.69) is 0 Å². The Bertz CT molecular complexity index is 563. The van der Waals surface area contributed by atoms with Gasteiger partial charge in [0.2, 0.25) is 0 Å². The average Bonchev–Trinajstić information content (AvgIpc) is 2.73. The fourth-order valence-electron chi connectivity index (χ4n) is 1.63. The zero-order valence-electron chi connectivity index (χ0n) is 8.86. The number of nitrogens with two attached hydrogens (primary N) is 1. The summed E-state index contributed by atoms with van der Waals surface area (Å²) in [4.78, 5) is 0.229. The predicted octanol–water partition coefficient (Wildman–Crippen LogP) is 2.45. The molecule has 0 saturated carbocycles. The van der Waals surface area contributed by atoms with Crippen LogP contribution in [0.25, 0.3) is 0 Å². The van der Waals surface area contributed by atoms with Crippen LogP contribution in [0.5, 0.6) is 0 Å². The van der Waals surface area contributed by atoms with E-state index in [-0.39, 0.29) is 17.1 Å². The Kier molecular flexibility index (Phi) is 3.19. The third-order valence-electron chi connectivity index (χ3n) is 2.45. The van der Waals surface area contributed by atoms with Crippen LogP contribution in [-0.4, -0.2) is 9.56 Å². The van der Waals surface area contributed by atoms with Gasteiger partial charge in [0.05, 0.1) is 12.2 Å². The van der Waals surface area contributed by atoms with Crippen molar-refractivity contribution in [2.75, 3.05) is 0 Å². The molecule has 0 spiro atoms. The van der Waals surface area contributed by atoms with E-state index in [9.17, 15) is 8.78 Å². The molecule has 0 radical (unpaired) electrons. The van der Waals surface area contributed by atoms with E-state index in [0.29, 0.717) is 5.69 Å². The Balaban J connectivity index is 2.35. The second-order valence-corrected chi connectivity index (χ2v) is 4.04. The van der Waals surface area contributed by atoms with E-state index in [1.165, 1.54) is 12.1 Å². The van der Waals surface area contributed by atoms with Gasteiger partial charge in [0.1, 0.15) is 4.99 Å². The van der Waals surface area contributed by atoms with Crippen molar-refractivity contribution >= 4 is 17.2 Å². The number of nitrogens with zero attached hydrogens (tertiary/aromatic N) is 1. The van der Waals surface area contributed by atoms with Gasteiger partial charge in [0, 0.05) is 11.8 Å². The predicted molar refractivity (Wildman–Crippen MR) is 65.8 cm³/mol. The van der Waals surface area contributed by atoms with Crippen molar-refractivity contribution in [2.24, 2.45) is 5.73 Å². The van der Waals surface area contributed by atoms with Crippen LogP contribution in [-0.2, 0) is 6.54 Å². The minimum atomic E-state index is -0.855. The second kappa shape index (κ2) is 4.63. The van der Waals surface area contributed by atoms with Gasteiger partial charge in [0.25, 0.3) is 0 Å². The van der Waals surface area contributed by atoms with Crippen molar-refractivity contribution < 1.29 is 8.78 Å². The summed E-state index contributed by atoms with van der Waals surface area (Å²) in [6, 6.07) is 7.58. The summed E-state index contributed by atoms with van der Waals surface area (Å²) in [6.07, 6.45) is 1.72. The van der Waals surface area contributed by atoms with Gasteiger partial charge >= 0.3 is 0 Å². The first-order chi connectivity index (χ1) is 8.09. The molecule has 2 N–H and O–H groups in total. The SMILES string of the molecule is NC(=S)c1cccn1Cc1cccc(F)c1F. The topological polar surface area (TPSA) is 30.9 Å². The molecule has 2 nitrogen and oxygen atoms in total. The van der Waals surface area contributed by atoms with Gasteiger partial charge in [-0.25, -0.2) is 8.78 Å². The maximum atomic E-state index is 13.5. The molecular weight excluding hydrogens is 242 g/mol. The first-order valence-corrected chi connectivity index (χ1v) is 5.38. The van der Waals surface area contributed by atoms with Gasteiger partial charge in [0.15, 0.2) is 11.6 Å². The molecular formula is C12H10F2N2S. The minimum absolute atomic E-state index is 0.198. The molecule has 1 heterocycles. The van der Waals surface area contributed by atoms with Gasteiger partial charge in [-0.15, -0.1) is 0 Å². The van der Waals surface area contributed by atoms with Crippen LogP contribution in [0.1, 0.15) is 11.3 Å². The van der Waals surface area contributed by atoms with Crippen molar-refractivity contribution in [1.29, 1.82) is 0 Å². The van der Waals surface area contributed by atoms with Crippen LogP contribution in [0.2, 0.25) is 0 Å². The number of benzene rings is 1. The maximum Gasteiger partial charge on any atom is 0.163 e. The second-order valence-electron chi connectivity index (χ2n) is 3.60. The highest BCUT2D eigenvalue weighted by Gasteiger charge is 2.10. The molecule has 5 heteroatoms. The molecule has 0 unspecified atom stereocenters. The Hall–Kier alpha value is -1.75. The summed E-state index contributed by atoms with van der Waals surface area (Å²) in [5, 5.41) is 0. The molecule has 2 rings (SSSR count). The summed E-state index contributed by atoms with van der Waals surface area (Å²) in [5.74, 6) is -1.69. The number of hydrogen-bond donors (Lipinski definition) is 1. The highest BCUT2D eigenvalue weighted by molar-refractivity contribution is 7.80.